The monoisotopic (exact) mass is 315 g/mol. The lowest BCUT2D eigenvalue weighted by Gasteiger charge is -2.16. The van der Waals surface area contributed by atoms with Crippen molar-refractivity contribution in [2.45, 2.75) is 19.9 Å². The highest BCUT2D eigenvalue weighted by Gasteiger charge is 2.13. The van der Waals surface area contributed by atoms with Gasteiger partial charge >= 0.3 is 18.0 Å². The first kappa shape index (κ1) is 16.9. The number of nitrogens with one attached hydrogen (secondary N) is 1. The van der Waals surface area contributed by atoms with Crippen LogP contribution in [0.25, 0.3) is 0 Å². The molecule has 8 nitrogen and oxygen atoms in total. The molecule has 2 N–H and O–H groups in total. The molecule has 1 aromatic rings. The van der Waals surface area contributed by atoms with Crippen molar-refractivity contribution in [2.75, 3.05) is 20.2 Å². The maximum Gasteiger partial charge on any atom is 0.355 e. The number of rotatable bonds is 7. The third-order valence-corrected chi connectivity index (χ3v) is 3.31. The number of carbonyl (C=O) groups excluding carboxylic acids is 2. The molecule has 116 valence electrons. The molecule has 0 saturated carbocycles. The largest absolute Gasteiger partial charge is 0.476 e. The summed E-state index contributed by atoms with van der Waals surface area (Å²) in [5.41, 5.74) is -0.0417. The summed E-state index contributed by atoms with van der Waals surface area (Å²) in [6, 6.07) is -0.369. The summed E-state index contributed by atoms with van der Waals surface area (Å²) in [4.78, 5) is 38.8. The van der Waals surface area contributed by atoms with Crippen LogP contribution in [0, 0.1) is 0 Å². The Bertz CT molecular complexity index is 517. The smallest absolute Gasteiger partial charge is 0.355 e. The molecule has 1 aromatic heterocycles. The molecule has 0 unspecified atom stereocenters. The van der Waals surface area contributed by atoms with E-state index in [4.69, 9.17) is 9.84 Å². The van der Waals surface area contributed by atoms with E-state index in [1.807, 2.05) is 0 Å². The minimum Gasteiger partial charge on any atom is -0.476 e. The van der Waals surface area contributed by atoms with Gasteiger partial charge in [0.05, 0.1) is 19.6 Å². The van der Waals surface area contributed by atoms with Crippen LogP contribution in [-0.4, -0.2) is 53.2 Å². The van der Waals surface area contributed by atoms with Gasteiger partial charge in [-0.1, -0.05) is 0 Å². The van der Waals surface area contributed by atoms with Gasteiger partial charge in [-0.2, -0.15) is 0 Å². The number of ether oxygens (including phenoxy) is 1. The van der Waals surface area contributed by atoms with E-state index in [0.29, 0.717) is 11.6 Å². The molecule has 0 atom stereocenters. The van der Waals surface area contributed by atoms with E-state index < -0.39 is 5.97 Å². The predicted octanol–water partition coefficient (Wildman–Crippen LogP) is 0.936. The number of urea groups is 1. The zero-order valence-electron chi connectivity index (χ0n) is 11.8. The lowest BCUT2D eigenvalue weighted by molar-refractivity contribution is -0.143. The van der Waals surface area contributed by atoms with Crippen molar-refractivity contribution in [3.05, 3.63) is 16.1 Å². The zero-order valence-corrected chi connectivity index (χ0v) is 12.6. The molecule has 1 rings (SSSR count). The average molecular weight is 315 g/mol. The highest BCUT2D eigenvalue weighted by Crippen LogP contribution is 2.09. The van der Waals surface area contributed by atoms with Gasteiger partial charge in [-0.3, -0.25) is 4.79 Å². The summed E-state index contributed by atoms with van der Waals surface area (Å²) >= 11 is 1.16. The number of esters is 1. The van der Waals surface area contributed by atoms with Crippen LogP contribution >= 0.6 is 11.3 Å². The van der Waals surface area contributed by atoms with Crippen LogP contribution in [0.5, 0.6) is 0 Å². The lowest BCUT2D eigenvalue weighted by atomic mass is 10.4. The first-order chi connectivity index (χ1) is 9.93. The minimum absolute atomic E-state index is 0.0417. The molecular formula is C12H17N3O5S. The van der Waals surface area contributed by atoms with Gasteiger partial charge < -0.3 is 20.1 Å². The standard InChI is InChI=1S/C12H17N3O5S/c1-3-20-10(16)4-5-15(2)12(19)13-6-9-14-8(7-21-9)11(17)18/h7H,3-6H2,1-2H3,(H,13,19)(H,17,18). The van der Waals surface area contributed by atoms with E-state index in [9.17, 15) is 14.4 Å². The van der Waals surface area contributed by atoms with E-state index in [2.05, 4.69) is 10.3 Å². The summed E-state index contributed by atoms with van der Waals surface area (Å²) in [7, 11) is 1.55. The Balaban J connectivity index is 2.35. The van der Waals surface area contributed by atoms with Crippen molar-refractivity contribution in [1.82, 2.24) is 15.2 Å². The van der Waals surface area contributed by atoms with Crippen molar-refractivity contribution in [3.8, 4) is 0 Å². The van der Waals surface area contributed by atoms with Crippen LogP contribution in [0.1, 0.15) is 28.8 Å². The molecule has 0 spiro atoms. The molecule has 0 aliphatic rings. The summed E-state index contributed by atoms with van der Waals surface area (Å²) in [5, 5.41) is 13.2. The van der Waals surface area contributed by atoms with E-state index in [1.54, 1.807) is 14.0 Å². The van der Waals surface area contributed by atoms with Crippen LogP contribution in [0.4, 0.5) is 4.79 Å². The first-order valence-corrected chi connectivity index (χ1v) is 7.14. The summed E-state index contributed by atoms with van der Waals surface area (Å²) in [6.07, 6.45) is 0.123. The number of aromatic nitrogens is 1. The highest BCUT2D eigenvalue weighted by atomic mass is 32.1. The Morgan fingerprint density at radius 3 is 2.76 bits per heavy atom. The second kappa shape index (κ2) is 8.20. The van der Waals surface area contributed by atoms with Crippen LogP contribution in [0.15, 0.2) is 5.38 Å². The summed E-state index contributed by atoms with van der Waals surface area (Å²) in [5.74, 6) is -1.46. The molecule has 0 saturated heterocycles. The van der Waals surface area contributed by atoms with Gasteiger partial charge in [-0.25, -0.2) is 14.6 Å². The van der Waals surface area contributed by atoms with Gasteiger partial charge in [0.15, 0.2) is 5.69 Å². The van der Waals surface area contributed by atoms with Gasteiger partial charge in [-0.15, -0.1) is 11.3 Å². The van der Waals surface area contributed by atoms with E-state index >= 15 is 0 Å². The SMILES string of the molecule is CCOC(=O)CCN(C)C(=O)NCc1nc(C(=O)O)cs1. The Labute approximate surface area is 125 Å². The van der Waals surface area contributed by atoms with Gasteiger partial charge in [0.2, 0.25) is 0 Å². The predicted molar refractivity (Wildman–Crippen MR) is 75.2 cm³/mol. The van der Waals surface area contributed by atoms with Gasteiger partial charge in [0, 0.05) is 19.0 Å². The maximum atomic E-state index is 11.8. The molecule has 2 amide bonds. The number of carbonyl (C=O) groups is 3. The fraction of sp³-hybridized carbons (Fsp3) is 0.500. The Morgan fingerprint density at radius 1 is 1.48 bits per heavy atom. The third-order valence-electron chi connectivity index (χ3n) is 2.47. The van der Waals surface area contributed by atoms with Crippen LogP contribution in [-0.2, 0) is 16.1 Å². The quantitative estimate of drug-likeness (QED) is 0.725. The number of nitrogens with zero attached hydrogens (tertiary/aromatic N) is 2. The fourth-order valence-corrected chi connectivity index (χ4v) is 2.08. The average Bonchev–Trinajstić information content (AvgIpc) is 2.91. The molecule has 0 bridgehead atoms. The van der Waals surface area contributed by atoms with E-state index in [0.717, 1.165) is 11.3 Å². The number of hydrogen-bond donors (Lipinski definition) is 2. The summed E-state index contributed by atoms with van der Waals surface area (Å²) in [6.45, 7) is 2.40. The number of carboxylic acid groups (broad SMARTS) is 1. The molecule has 9 heteroatoms. The second-order valence-electron chi connectivity index (χ2n) is 4.07. The molecule has 0 radical (unpaired) electrons. The van der Waals surface area contributed by atoms with Crippen LogP contribution < -0.4 is 5.32 Å². The first-order valence-electron chi connectivity index (χ1n) is 6.26. The number of aromatic carboxylic acids is 1. The van der Waals surface area contributed by atoms with Crippen molar-refractivity contribution >= 4 is 29.3 Å². The number of thiazole rings is 1. The Hall–Kier alpha value is -2.16. The molecule has 0 aliphatic carbocycles. The maximum absolute atomic E-state index is 11.8. The molecule has 0 aliphatic heterocycles. The van der Waals surface area contributed by atoms with Crippen molar-refractivity contribution in [3.63, 3.8) is 0 Å². The van der Waals surface area contributed by atoms with E-state index in [-0.39, 0.29) is 37.2 Å². The zero-order chi connectivity index (χ0) is 15.8. The second-order valence-corrected chi connectivity index (χ2v) is 5.01. The van der Waals surface area contributed by atoms with Crippen molar-refractivity contribution in [2.24, 2.45) is 0 Å². The molecular weight excluding hydrogens is 298 g/mol. The van der Waals surface area contributed by atoms with Gasteiger partial charge in [-0.05, 0) is 6.92 Å². The normalized spacial score (nSPS) is 10.0. The molecule has 0 aromatic carbocycles. The number of carboxylic acids is 1. The van der Waals surface area contributed by atoms with Crippen LogP contribution in [0.3, 0.4) is 0 Å². The fourth-order valence-electron chi connectivity index (χ4n) is 1.37. The molecule has 0 fully saturated rings. The van der Waals surface area contributed by atoms with Crippen molar-refractivity contribution < 1.29 is 24.2 Å². The Morgan fingerprint density at radius 2 is 2.19 bits per heavy atom. The molecule has 1 heterocycles. The topological polar surface area (TPSA) is 109 Å². The van der Waals surface area contributed by atoms with Crippen molar-refractivity contribution in [1.29, 1.82) is 0 Å². The number of hydrogen-bond acceptors (Lipinski definition) is 6. The lowest BCUT2D eigenvalue weighted by Crippen LogP contribution is -2.38. The highest BCUT2D eigenvalue weighted by molar-refractivity contribution is 7.09. The minimum atomic E-state index is -1.10. The van der Waals surface area contributed by atoms with Gasteiger partial charge in [0.25, 0.3) is 0 Å². The molecule has 21 heavy (non-hydrogen) atoms. The third kappa shape index (κ3) is 5.78. The van der Waals surface area contributed by atoms with Gasteiger partial charge in [0.1, 0.15) is 5.01 Å². The van der Waals surface area contributed by atoms with Crippen LogP contribution in [0.2, 0.25) is 0 Å². The number of amides is 2. The van der Waals surface area contributed by atoms with E-state index in [1.165, 1.54) is 10.3 Å². The Kier molecular flexibility index (Phi) is 6.60. The summed E-state index contributed by atoms with van der Waals surface area (Å²) < 4.78 is 4.77.